The molecule has 0 bridgehead atoms. The van der Waals surface area contributed by atoms with Crippen LogP contribution in [-0.4, -0.2) is 42.5 Å². The molecule has 0 unspecified atom stereocenters. The Morgan fingerprint density at radius 2 is 1.56 bits per heavy atom. The molecule has 7 heteroatoms. The van der Waals surface area contributed by atoms with E-state index in [2.05, 4.69) is 21.2 Å². The first-order valence-electron chi connectivity index (χ1n) is 11.9. The van der Waals surface area contributed by atoms with E-state index in [-0.39, 0.29) is 18.2 Å². The third kappa shape index (κ3) is 8.67. The van der Waals surface area contributed by atoms with Crippen molar-refractivity contribution < 1.29 is 19.1 Å². The summed E-state index contributed by atoms with van der Waals surface area (Å²) in [5.74, 6) is 1.51. The first-order valence-corrected chi connectivity index (χ1v) is 12.7. The van der Waals surface area contributed by atoms with Crippen LogP contribution in [0.25, 0.3) is 0 Å². The first-order chi connectivity index (χ1) is 16.2. The van der Waals surface area contributed by atoms with E-state index in [0.717, 1.165) is 15.6 Å². The van der Waals surface area contributed by atoms with Gasteiger partial charge in [-0.3, -0.25) is 9.59 Å². The number of benzene rings is 2. The Morgan fingerprint density at radius 3 is 2.18 bits per heavy atom. The van der Waals surface area contributed by atoms with Crippen LogP contribution in [0.4, 0.5) is 0 Å². The molecule has 2 rings (SSSR count). The molecule has 2 aromatic rings. The summed E-state index contributed by atoms with van der Waals surface area (Å²) in [4.78, 5) is 27.8. The highest BCUT2D eigenvalue weighted by Crippen LogP contribution is 2.29. The van der Waals surface area contributed by atoms with E-state index >= 15 is 0 Å². The van der Waals surface area contributed by atoms with E-state index in [4.69, 9.17) is 9.47 Å². The molecule has 6 nitrogen and oxygen atoms in total. The van der Waals surface area contributed by atoms with Crippen LogP contribution in [0.5, 0.6) is 11.5 Å². The van der Waals surface area contributed by atoms with Crippen LogP contribution in [0.2, 0.25) is 0 Å². The maximum atomic E-state index is 13.3. The van der Waals surface area contributed by atoms with Gasteiger partial charge in [0.1, 0.15) is 6.04 Å². The molecular weight excluding hydrogens is 496 g/mol. The fourth-order valence-electron chi connectivity index (χ4n) is 3.47. The molecule has 0 radical (unpaired) electrons. The van der Waals surface area contributed by atoms with Crippen LogP contribution in [-0.2, 0) is 22.6 Å². The first kappa shape index (κ1) is 27.7. The normalized spacial score (nSPS) is 11.7. The largest absolute Gasteiger partial charge is 0.490 e. The fraction of sp³-hybridized carbons (Fsp3) is 0.481. The van der Waals surface area contributed by atoms with E-state index in [9.17, 15) is 9.59 Å². The lowest BCUT2D eigenvalue weighted by Gasteiger charge is -2.29. The van der Waals surface area contributed by atoms with Gasteiger partial charge in [-0.2, -0.15) is 0 Å². The molecule has 0 aliphatic carbocycles. The summed E-state index contributed by atoms with van der Waals surface area (Å²) in [7, 11) is 0. The minimum absolute atomic E-state index is 0.0676. The van der Waals surface area contributed by atoms with Gasteiger partial charge in [0, 0.05) is 24.0 Å². The summed E-state index contributed by atoms with van der Waals surface area (Å²) in [6, 6.07) is 13.0. The lowest BCUT2D eigenvalue weighted by Crippen LogP contribution is -2.48. The molecule has 1 atom stereocenters. The van der Waals surface area contributed by atoms with Crippen LogP contribution in [0.15, 0.2) is 46.9 Å². The third-order valence-electron chi connectivity index (χ3n) is 5.35. The second-order valence-corrected chi connectivity index (χ2v) is 9.53. The molecule has 186 valence electrons. The zero-order chi connectivity index (χ0) is 25.1. The Hall–Kier alpha value is -2.54. The number of amides is 2. The number of rotatable bonds is 13. The summed E-state index contributed by atoms with van der Waals surface area (Å²) >= 11 is 3.45. The fourth-order valence-corrected chi connectivity index (χ4v) is 3.73. The average molecular weight is 534 g/mol. The quantitative estimate of drug-likeness (QED) is 0.376. The average Bonchev–Trinajstić information content (AvgIpc) is 2.81. The third-order valence-corrected chi connectivity index (χ3v) is 5.88. The van der Waals surface area contributed by atoms with Crippen LogP contribution in [0.1, 0.15) is 52.2 Å². The number of nitrogens with one attached hydrogen (secondary N) is 1. The van der Waals surface area contributed by atoms with Crippen molar-refractivity contribution in [2.75, 3.05) is 19.8 Å². The van der Waals surface area contributed by atoms with E-state index in [1.165, 1.54) is 0 Å². The van der Waals surface area contributed by atoms with E-state index in [0.29, 0.717) is 50.1 Å². The van der Waals surface area contributed by atoms with E-state index in [1.807, 2.05) is 70.2 Å². The minimum Gasteiger partial charge on any atom is -0.490 e. The summed E-state index contributed by atoms with van der Waals surface area (Å²) in [5, 5.41) is 2.95. The molecule has 0 aliphatic heterocycles. The van der Waals surface area contributed by atoms with Crippen LogP contribution >= 0.6 is 15.9 Å². The molecule has 0 aromatic heterocycles. The zero-order valence-electron chi connectivity index (χ0n) is 20.9. The van der Waals surface area contributed by atoms with Gasteiger partial charge >= 0.3 is 0 Å². The number of halogens is 1. The highest BCUT2D eigenvalue weighted by molar-refractivity contribution is 9.10. The number of ether oxygens (including phenoxy) is 2. The number of hydrogen-bond donors (Lipinski definition) is 1. The molecular formula is C27H37BrN2O4. The Balaban J connectivity index is 2.16. The second-order valence-electron chi connectivity index (χ2n) is 8.61. The summed E-state index contributed by atoms with van der Waals surface area (Å²) < 4.78 is 12.3. The van der Waals surface area contributed by atoms with Crippen molar-refractivity contribution >= 4 is 27.7 Å². The van der Waals surface area contributed by atoms with Gasteiger partial charge in [-0.15, -0.1) is 0 Å². The van der Waals surface area contributed by atoms with Gasteiger partial charge in [-0.1, -0.05) is 48.0 Å². The van der Waals surface area contributed by atoms with Crippen LogP contribution in [0.3, 0.4) is 0 Å². The van der Waals surface area contributed by atoms with Crippen molar-refractivity contribution in [1.29, 1.82) is 0 Å². The Kier molecular flexibility index (Phi) is 11.4. The summed E-state index contributed by atoms with van der Waals surface area (Å²) in [6.07, 6.45) is 0.834. The predicted molar refractivity (Wildman–Crippen MR) is 139 cm³/mol. The molecule has 0 saturated heterocycles. The Labute approximate surface area is 212 Å². The Morgan fingerprint density at radius 1 is 0.941 bits per heavy atom. The summed E-state index contributed by atoms with van der Waals surface area (Å²) in [6.45, 7) is 11.8. The lowest BCUT2D eigenvalue weighted by molar-refractivity contribution is -0.140. The van der Waals surface area contributed by atoms with Gasteiger partial charge in [0.2, 0.25) is 11.8 Å². The lowest BCUT2D eigenvalue weighted by atomic mass is 10.1. The molecule has 34 heavy (non-hydrogen) atoms. The van der Waals surface area contributed by atoms with Gasteiger partial charge in [0.15, 0.2) is 11.5 Å². The molecule has 2 aromatic carbocycles. The molecule has 0 aliphatic rings. The zero-order valence-corrected chi connectivity index (χ0v) is 22.5. The minimum atomic E-state index is -0.575. The number of nitrogens with zero attached hydrogens (tertiary/aromatic N) is 1. The molecule has 0 saturated carbocycles. The highest BCUT2D eigenvalue weighted by atomic mass is 79.9. The van der Waals surface area contributed by atoms with Gasteiger partial charge in [0.25, 0.3) is 0 Å². The van der Waals surface area contributed by atoms with Gasteiger partial charge in [-0.05, 0) is 68.5 Å². The smallest absolute Gasteiger partial charge is 0.242 e. The second kappa shape index (κ2) is 14.0. The van der Waals surface area contributed by atoms with E-state index in [1.54, 1.807) is 11.8 Å². The molecule has 0 spiro atoms. The maximum absolute atomic E-state index is 13.3. The molecule has 0 fully saturated rings. The topological polar surface area (TPSA) is 67.9 Å². The number of carbonyl (C=O) groups excluding carboxylic acids is 2. The van der Waals surface area contributed by atoms with Gasteiger partial charge in [0.05, 0.1) is 13.2 Å². The standard InChI is InChI=1S/C27H37BrN2O4/c1-6-33-24-14-10-21(16-25(24)34-7-2)11-15-26(31)30(18-22-8-12-23(28)13-9-22)20(5)27(32)29-17-19(3)4/h8-10,12-14,16,19-20H,6-7,11,15,17-18H2,1-5H3,(H,29,32)/t20-/m1/s1. The predicted octanol–water partition coefficient (Wildman–Crippen LogP) is 5.37. The van der Waals surface area contributed by atoms with Crippen molar-refractivity contribution in [2.24, 2.45) is 5.92 Å². The van der Waals surface area contributed by atoms with Crippen molar-refractivity contribution in [2.45, 2.75) is 60.0 Å². The van der Waals surface area contributed by atoms with Gasteiger partial charge < -0.3 is 19.7 Å². The van der Waals surface area contributed by atoms with Crippen molar-refractivity contribution in [3.8, 4) is 11.5 Å². The van der Waals surface area contributed by atoms with Crippen LogP contribution < -0.4 is 14.8 Å². The van der Waals surface area contributed by atoms with Crippen molar-refractivity contribution in [3.63, 3.8) is 0 Å². The number of carbonyl (C=O) groups is 2. The highest BCUT2D eigenvalue weighted by Gasteiger charge is 2.26. The summed E-state index contributed by atoms with van der Waals surface area (Å²) in [5.41, 5.74) is 1.96. The Bertz CT molecular complexity index is 931. The monoisotopic (exact) mass is 532 g/mol. The SMILES string of the molecule is CCOc1ccc(CCC(=O)N(Cc2ccc(Br)cc2)[C@H](C)C(=O)NCC(C)C)cc1OCC. The van der Waals surface area contributed by atoms with Crippen LogP contribution in [0, 0.1) is 5.92 Å². The molecule has 2 amide bonds. The number of aryl methyl sites for hydroxylation is 1. The molecule has 0 heterocycles. The van der Waals surface area contributed by atoms with E-state index < -0.39 is 6.04 Å². The molecule has 1 N–H and O–H groups in total. The number of hydrogen-bond acceptors (Lipinski definition) is 4. The van der Waals surface area contributed by atoms with Gasteiger partial charge in [-0.25, -0.2) is 0 Å². The van der Waals surface area contributed by atoms with Crippen molar-refractivity contribution in [3.05, 3.63) is 58.1 Å². The maximum Gasteiger partial charge on any atom is 0.242 e. The van der Waals surface area contributed by atoms with Crippen molar-refractivity contribution in [1.82, 2.24) is 10.2 Å².